The van der Waals surface area contributed by atoms with Crippen LogP contribution in [0.25, 0.3) is 0 Å². The van der Waals surface area contributed by atoms with Crippen molar-refractivity contribution in [2.45, 2.75) is 57.5 Å². The molecule has 3 heteroatoms. The quantitative estimate of drug-likeness (QED) is 0.827. The van der Waals surface area contributed by atoms with Gasteiger partial charge in [0.15, 0.2) is 0 Å². The first-order valence-corrected chi connectivity index (χ1v) is 7.96. The molecular formula is C17H26N2O. The van der Waals surface area contributed by atoms with E-state index < -0.39 is 0 Å². The molecule has 0 amide bonds. The van der Waals surface area contributed by atoms with Gasteiger partial charge in [-0.15, -0.1) is 0 Å². The van der Waals surface area contributed by atoms with Crippen molar-refractivity contribution in [3.63, 3.8) is 0 Å². The Morgan fingerprint density at radius 2 is 1.65 bits per heavy atom. The van der Waals surface area contributed by atoms with Crippen LogP contribution in [0.3, 0.4) is 0 Å². The van der Waals surface area contributed by atoms with Crippen LogP contribution in [0, 0.1) is 0 Å². The molecule has 0 spiro atoms. The summed E-state index contributed by atoms with van der Waals surface area (Å²) in [6, 6.07) is 4.42. The van der Waals surface area contributed by atoms with E-state index in [0.717, 1.165) is 30.4 Å². The van der Waals surface area contributed by atoms with E-state index in [2.05, 4.69) is 31.3 Å². The number of anilines is 1. The molecule has 1 saturated carbocycles. The number of nitrogens with two attached hydrogens (primary N) is 1. The van der Waals surface area contributed by atoms with Crippen LogP contribution in [0.2, 0.25) is 0 Å². The molecule has 1 heterocycles. The van der Waals surface area contributed by atoms with Crippen molar-refractivity contribution in [1.29, 1.82) is 0 Å². The highest BCUT2D eigenvalue weighted by Gasteiger charge is 2.30. The summed E-state index contributed by atoms with van der Waals surface area (Å²) in [7, 11) is 0. The van der Waals surface area contributed by atoms with Crippen LogP contribution in [0.4, 0.5) is 5.69 Å². The van der Waals surface area contributed by atoms with Gasteiger partial charge in [0.05, 0.1) is 11.8 Å². The molecule has 0 atom stereocenters. The summed E-state index contributed by atoms with van der Waals surface area (Å²) in [6.45, 7) is 6.36. The lowest BCUT2D eigenvalue weighted by Crippen LogP contribution is -2.27. The zero-order chi connectivity index (χ0) is 14.1. The highest BCUT2D eigenvalue weighted by Crippen LogP contribution is 2.47. The number of hydrogen-bond donors (Lipinski definition) is 2. The SMILES string of the molecule is CC(C)Oc1cc(C2CCNCC2)c(C2CC2)cc1N. The Balaban J connectivity index is 1.95. The van der Waals surface area contributed by atoms with Crippen molar-refractivity contribution < 1.29 is 4.74 Å². The van der Waals surface area contributed by atoms with E-state index in [1.807, 2.05) is 0 Å². The fraction of sp³-hybridized carbons (Fsp3) is 0.647. The average molecular weight is 274 g/mol. The van der Waals surface area contributed by atoms with Crippen LogP contribution >= 0.6 is 0 Å². The molecule has 1 aromatic carbocycles. The highest BCUT2D eigenvalue weighted by molar-refractivity contribution is 5.59. The number of nitrogen functional groups attached to an aromatic ring is 1. The second-order valence-electron chi connectivity index (χ2n) is 6.48. The van der Waals surface area contributed by atoms with Crippen LogP contribution in [-0.4, -0.2) is 19.2 Å². The van der Waals surface area contributed by atoms with Crippen molar-refractivity contribution in [3.05, 3.63) is 23.3 Å². The van der Waals surface area contributed by atoms with Gasteiger partial charge < -0.3 is 15.8 Å². The van der Waals surface area contributed by atoms with Crippen molar-refractivity contribution >= 4 is 5.69 Å². The summed E-state index contributed by atoms with van der Waals surface area (Å²) in [5.41, 5.74) is 9.99. The predicted octanol–water partition coefficient (Wildman–Crippen LogP) is 3.40. The first kappa shape index (κ1) is 13.7. The van der Waals surface area contributed by atoms with Crippen LogP contribution in [-0.2, 0) is 0 Å². The number of ether oxygens (including phenoxy) is 1. The van der Waals surface area contributed by atoms with Gasteiger partial charge in [-0.1, -0.05) is 0 Å². The lowest BCUT2D eigenvalue weighted by molar-refractivity contribution is 0.243. The van der Waals surface area contributed by atoms with E-state index >= 15 is 0 Å². The summed E-state index contributed by atoms with van der Waals surface area (Å²) >= 11 is 0. The van der Waals surface area contributed by atoms with Crippen molar-refractivity contribution in [2.75, 3.05) is 18.8 Å². The first-order chi connectivity index (χ1) is 9.65. The second kappa shape index (κ2) is 5.65. The van der Waals surface area contributed by atoms with E-state index in [4.69, 9.17) is 10.5 Å². The van der Waals surface area contributed by atoms with Crippen LogP contribution in [0.5, 0.6) is 5.75 Å². The zero-order valence-electron chi connectivity index (χ0n) is 12.6. The summed E-state index contributed by atoms with van der Waals surface area (Å²) < 4.78 is 5.89. The molecule has 20 heavy (non-hydrogen) atoms. The zero-order valence-corrected chi connectivity index (χ0v) is 12.6. The minimum Gasteiger partial charge on any atom is -0.489 e. The van der Waals surface area contributed by atoms with E-state index in [1.165, 1.54) is 36.8 Å². The molecule has 0 aromatic heterocycles. The monoisotopic (exact) mass is 274 g/mol. The fourth-order valence-corrected chi connectivity index (χ4v) is 3.22. The van der Waals surface area contributed by atoms with Gasteiger partial charge in [0.25, 0.3) is 0 Å². The average Bonchev–Trinajstić information content (AvgIpc) is 3.25. The largest absolute Gasteiger partial charge is 0.489 e. The van der Waals surface area contributed by atoms with E-state index in [0.29, 0.717) is 5.92 Å². The maximum atomic E-state index is 6.20. The smallest absolute Gasteiger partial charge is 0.142 e. The van der Waals surface area contributed by atoms with E-state index in [9.17, 15) is 0 Å². The van der Waals surface area contributed by atoms with Gasteiger partial charge in [0.2, 0.25) is 0 Å². The molecule has 110 valence electrons. The van der Waals surface area contributed by atoms with Crippen molar-refractivity contribution in [3.8, 4) is 5.75 Å². The molecule has 2 aliphatic rings. The Kier molecular flexibility index (Phi) is 3.88. The topological polar surface area (TPSA) is 47.3 Å². The Labute approximate surface area is 121 Å². The van der Waals surface area contributed by atoms with Gasteiger partial charge >= 0.3 is 0 Å². The van der Waals surface area contributed by atoms with Crippen LogP contribution in [0.15, 0.2) is 12.1 Å². The molecule has 3 N–H and O–H groups in total. The fourth-order valence-electron chi connectivity index (χ4n) is 3.22. The molecule has 3 nitrogen and oxygen atoms in total. The minimum atomic E-state index is 0.171. The molecule has 0 bridgehead atoms. The maximum absolute atomic E-state index is 6.20. The third-order valence-electron chi connectivity index (χ3n) is 4.37. The Hall–Kier alpha value is -1.22. The molecule has 1 saturated heterocycles. The van der Waals surface area contributed by atoms with Crippen molar-refractivity contribution in [2.24, 2.45) is 0 Å². The van der Waals surface area contributed by atoms with Crippen LogP contribution < -0.4 is 15.8 Å². The maximum Gasteiger partial charge on any atom is 0.142 e. The van der Waals surface area contributed by atoms with Crippen LogP contribution in [0.1, 0.15) is 62.5 Å². The second-order valence-corrected chi connectivity index (χ2v) is 6.48. The number of hydrogen-bond acceptors (Lipinski definition) is 3. The van der Waals surface area contributed by atoms with Gasteiger partial charge in [-0.2, -0.15) is 0 Å². The summed E-state index contributed by atoms with van der Waals surface area (Å²) in [5.74, 6) is 2.29. The predicted molar refractivity (Wildman–Crippen MR) is 83.4 cm³/mol. The normalized spacial score (nSPS) is 20.4. The molecular weight excluding hydrogens is 248 g/mol. The molecule has 3 rings (SSSR count). The van der Waals surface area contributed by atoms with Gasteiger partial charge in [0, 0.05) is 0 Å². The molecule has 1 aliphatic carbocycles. The van der Waals surface area contributed by atoms with Gasteiger partial charge in [-0.3, -0.25) is 0 Å². The molecule has 2 fully saturated rings. The summed E-state index contributed by atoms with van der Waals surface area (Å²) in [4.78, 5) is 0. The van der Waals surface area contributed by atoms with Gasteiger partial charge in [-0.05, 0) is 87.7 Å². The van der Waals surface area contributed by atoms with E-state index in [1.54, 1.807) is 0 Å². The minimum absolute atomic E-state index is 0.171. The molecule has 1 aliphatic heterocycles. The number of nitrogens with one attached hydrogen (secondary N) is 1. The Morgan fingerprint density at radius 1 is 1.05 bits per heavy atom. The molecule has 0 unspecified atom stereocenters. The molecule has 1 aromatic rings. The number of benzene rings is 1. The first-order valence-electron chi connectivity index (χ1n) is 7.96. The Morgan fingerprint density at radius 3 is 2.25 bits per heavy atom. The van der Waals surface area contributed by atoms with Gasteiger partial charge in [0.1, 0.15) is 5.75 Å². The highest BCUT2D eigenvalue weighted by atomic mass is 16.5. The third kappa shape index (κ3) is 2.93. The standard InChI is InChI=1S/C17H26N2O/c1-11(2)20-17-10-15(13-5-7-19-8-6-13)14(9-16(17)18)12-3-4-12/h9-13,19H,3-8,18H2,1-2H3. The third-order valence-corrected chi connectivity index (χ3v) is 4.37. The number of piperidine rings is 1. The summed E-state index contributed by atoms with van der Waals surface area (Å²) in [5, 5.41) is 3.45. The summed E-state index contributed by atoms with van der Waals surface area (Å²) in [6.07, 6.45) is 5.27. The lowest BCUT2D eigenvalue weighted by atomic mass is 9.85. The van der Waals surface area contributed by atoms with Gasteiger partial charge in [-0.25, -0.2) is 0 Å². The molecule has 0 radical (unpaired) electrons. The number of rotatable bonds is 4. The van der Waals surface area contributed by atoms with E-state index in [-0.39, 0.29) is 6.10 Å². The Bertz CT molecular complexity index is 474. The van der Waals surface area contributed by atoms with Crippen molar-refractivity contribution in [1.82, 2.24) is 5.32 Å². The lowest BCUT2D eigenvalue weighted by Gasteiger charge is -2.26.